The number of aromatic nitrogens is 1. The fourth-order valence-electron chi connectivity index (χ4n) is 1.92. The predicted molar refractivity (Wildman–Crippen MR) is 66.2 cm³/mol. The molecule has 0 saturated heterocycles. The van der Waals surface area contributed by atoms with E-state index in [4.69, 9.17) is 5.73 Å². The minimum atomic E-state index is -0.0661. The Morgan fingerprint density at radius 2 is 1.75 bits per heavy atom. The molecule has 1 aromatic heterocycles. The third kappa shape index (κ3) is 2.12. The van der Waals surface area contributed by atoms with Crippen LogP contribution in [0.4, 0.5) is 0 Å². The van der Waals surface area contributed by atoms with Crippen molar-refractivity contribution in [1.29, 1.82) is 0 Å². The summed E-state index contributed by atoms with van der Waals surface area (Å²) in [7, 11) is 0. The van der Waals surface area contributed by atoms with Gasteiger partial charge in [0.25, 0.3) is 0 Å². The lowest BCUT2D eigenvalue weighted by atomic mass is 9.95. The van der Waals surface area contributed by atoms with Gasteiger partial charge in [0.2, 0.25) is 0 Å². The molecule has 0 aliphatic heterocycles. The fourth-order valence-corrected chi connectivity index (χ4v) is 1.92. The van der Waals surface area contributed by atoms with Gasteiger partial charge in [-0.3, -0.25) is 4.98 Å². The first-order valence-corrected chi connectivity index (χ1v) is 5.41. The maximum atomic E-state index is 6.24. The largest absolute Gasteiger partial charge is 0.320 e. The highest BCUT2D eigenvalue weighted by Crippen LogP contribution is 2.22. The van der Waals surface area contributed by atoms with E-state index in [9.17, 15) is 0 Å². The quantitative estimate of drug-likeness (QED) is 0.831. The first-order valence-electron chi connectivity index (χ1n) is 5.41. The van der Waals surface area contributed by atoms with Crippen LogP contribution in [0.5, 0.6) is 0 Å². The average molecular weight is 212 g/mol. The van der Waals surface area contributed by atoms with Gasteiger partial charge >= 0.3 is 0 Å². The van der Waals surface area contributed by atoms with Crippen LogP contribution in [0.25, 0.3) is 0 Å². The lowest BCUT2D eigenvalue weighted by Crippen LogP contribution is -2.13. The third-order valence-corrected chi connectivity index (χ3v) is 2.83. The predicted octanol–water partition coefficient (Wildman–Crippen LogP) is 2.75. The Morgan fingerprint density at radius 3 is 2.38 bits per heavy atom. The summed E-state index contributed by atoms with van der Waals surface area (Å²) >= 11 is 0. The van der Waals surface area contributed by atoms with E-state index in [-0.39, 0.29) is 6.04 Å². The molecule has 0 aliphatic carbocycles. The molecule has 16 heavy (non-hydrogen) atoms. The van der Waals surface area contributed by atoms with Gasteiger partial charge in [-0.25, -0.2) is 0 Å². The van der Waals surface area contributed by atoms with Crippen LogP contribution in [0.2, 0.25) is 0 Å². The van der Waals surface area contributed by atoms with Crippen LogP contribution in [-0.2, 0) is 0 Å². The van der Waals surface area contributed by atoms with Crippen molar-refractivity contribution in [2.24, 2.45) is 5.73 Å². The van der Waals surface area contributed by atoms with E-state index in [1.807, 2.05) is 12.1 Å². The molecule has 2 aromatic rings. The van der Waals surface area contributed by atoms with E-state index in [1.54, 1.807) is 12.4 Å². The van der Waals surface area contributed by atoms with Crippen LogP contribution < -0.4 is 5.73 Å². The zero-order valence-corrected chi connectivity index (χ0v) is 9.64. The number of benzene rings is 1. The molecule has 0 saturated carbocycles. The van der Waals surface area contributed by atoms with Gasteiger partial charge in [-0.2, -0.15) is 0 Å². The maximum Gasteiger partial charge on any atom is 0.0555 e. The van der Waals surface area contributed by atoms with Gasteiger partial charge in [-0.1, -0.05) is 23.8 Å². The molecule has 0 amide bonds. The number of aryl methyl sites for hydroxylation is 2. The molecule has 0 bridgehead atoms. The molecule has 1 atom stereocenters. The summed E-state index contributed by atoms with van der Waals surface area (Å²) in [5, 5.41) is 0. The van der Waals surface area contributed by atoms with E-state index in [0.717, 1.165) is 5.56 Å². The Hall–Kier alpha value is -1.67. The number of nitrogens with two attached hydrogens (primary N) is 1. The van der Waals surface area contributed by atoms with Gasteiger partial charge in [0.05, 0.1) is 6.04 Å². The van der Waals surface area contributed by atoms with Crippen molar-refractivity contribution in [1.82, 2.24) is 4.98 Å². The Balaban J connectivity index is 2.38. The van der Waals surface area contributed by atoms with E-state index in [0.29, 0.717) is 0 Å². The molecule has 1 aromatic carbocycles. The van der Waals surface area contributed by atoms with Crippen LogP contribution in [0, 0.1) is 13.8 Å². The lowest BCUT2D eigenvalue weighted by Gasteiger charge is -2.15. The van der Waals surface area contributed by atoms with Gasteiger partial charge < -0.3 is 5.73 Å². The normalized spacial score (nSPS) is 12.4. The summed E-state index contributed by atoms with van der Waals surface area (Å²) < 4.78 is 0. The second kappa shape index (κ2) is 4.45. The van der Waals surface area contributed by atoms with Crippen LogP contribution in [0.15, 0.2) is 42.7 Å². The summed E-state index contributed by atoms with van der Waals surface area (Å²) in [4.78, 5) is 4.00. The minimum absolute atomic E-state index is 0.0661. The summed E-state index contributed by atoms with van der Waals surface area (Å²) in [5.41, 5.74) is 11.0. The molecule has 0 spiro atoms. The zero-order valence-electron chi connectivity index (χ0n) is 9.64. The molecule has 2 nitrogen and oxygen atoms in total. The maximum absolute atomic E-state index is 6.24. The van der Waals surface area contributed by atoms with E-state index in [2.05, 4.69) is 37.0 Å². The molecule has 0 aliphatic rings. The van der Waals surface area contributed by atoms with Crippen molar-refractivity contribution in [3.05, 3.63) is 65.0 Å². The minimum Gasteiger partial charge on any atom is -0.320 e. The molecule has 2 heteroatoms. The molecule has 1 heterocycles. The first kappa shape index (κ1) is 10.8. The summed E-state index contributed by atoms with van der Waals surface area (Å²) in [5.74, 6) is 0. The number of hydrogen-bond acceptors (Lipinski definition) is 2. The van der Waals surface area contributed by atoms with Crippen molar-refractivity contribution in [2.45, 2.75) is 19.9 Å². The topological polar surface area (TPSA) is 38.9 Å². The molecule has 82 valence electrons. The number of pyridine rings is 1. The molecule has 2 rings (SSSR count). The Bertz CT molecular complexity index is 477. The van der Waals surface area contributed by atoms with Crippen molar-refractivity contribution < 1.29 is 0 Å². The third-order valence-electron chi connectivity index (χ3n) is 2.83. The first-order chi connectivity index (χ1) is 7.68. The number of rotatable bonds is 2. The summed E-state index contributed by atoms with van der Waals surface area (Å²) in [6, 6.07) is 10.2. The van der Waals surface area contributed by atoms with Crippen molar-refractivity contribution in [3.63, 3.8) is 0 Å². The van der Waals surface area contributed by atoms with Crippen LogP contribution in [0.3, 0.4) is 0 Å². The molecule has 0 fully saturated rings. The second-order valence-corrected chi connectivity index (χ2v) is 4.12. The monoisotopic (exact) mass is 212 g/mol. The summed E-state index contributed by atoms with van der Waals surface area (Å²) in [6.45, 7) is 4.19. The Labute approximate surface area is 96.1 Å². The van der Waals surface area contributed by atoms with Gasteiger partial charge in [-0.05, 0) is 42.7 Å². The second-order valence-electron chi connectivity index (χ2n) is 4.12. The highest BCUT2D eigenvalue weighted by Gasteiger charge is 2.10. The number of hydrogen-bond donors (Lipinski definition) is 1. The SMILES string of the molecule is Cc1ccc([C@H](N)c2ccncc2)c(C)c1. The van der Waals surface area contributed by atoms with Gasteiger partial charge in [0.1, 0.15) is 0 Å². The van der Waals surface area contributed by atoms with E-state index >= 15 is 0 Å². The van der Waals surface area contributed by atoms with Crippen LogP contribution in [0.1, 0.15) is 28.3 Å². The molecule has 0 unspecified atom stereocenters. The number of nitrogens with zero attached hydrogens (tertiary/aromatic N) is 1. The molecule has 0 radical (unpaired) electrons. The van der Waals surface area contributed by atoms with Crippen LogP contribution in [-0.4, -0.2) is 4.98 Å². The highest BCUT2D eigenvalue weighted by atomic mass is 14.7. The van der Waals surface area contributed by atoms with Crippen LogP contribution >= 0.6 is 0 Å². The highest BCUT2D eigenvalue weighted by molar-refractivity contribution is 5.37. The smallest absolute Gasteiger partial charge is 0.0555 e. The van der Waals surface area contributed by atoms with E-state index < -0.39 is 0 Å². The lowest BCUT2D eigenvalue weighted by molar-refractivity contribution is 0.857. The van der Waals surface area contributed by atoms with Gasteiger partial charge in [0, 0.05) is 12.4 Å². The zero-order chi connectivity index (χ0) is 11.5. The standard InChI is InChI=1S/C14H16N2/c1-10-3-4-13(11(2)9-10)14(15)12-5-7-16-8-6-12/h3-9,14H,15H2,1-2H3/t14-/m1/s1. The Kier molecular flexibility index (Phi) is 3.02. The summed E-state index contributed by atoms with van der Waals surface area (Å²) in [6.07, 6.45) is 3.55. The van der Waals surface area contributed by atoms with E-state index in [1.165, 1.54) is 16.7 Å². The molecular weight excluding hydrogens is 196 g/mol. The Morgan fingerprint density at radius 1 is 1.06 bits per heavy atom. The van der Waals surface area contributed by atoms with Crippen molar-refractivity contribution in [2.75, 3.05) is 0 Å². The fraction of sp³-hybridized carbons (Fsp3) is 0.214. The molecule has 2 N–H and O–H groups in total. The van der Waals surface area contributed by atoms with Gasteiger partial charge in [-0.15, -0.1) is 0 Å². The van der Waals surface area contributed by atoms with Crippen molar-refractivity contribution in [3.8, 4) is 0 Å². The molecular formula is C14H16N2. The average Bonchev–Trinajstić information content (AvgIpc) is 2.29. The van der Waals surface area contributed by atoms with Crippen molar-refractivity contribution >= 4 is 0 Å². The van der Waals surface area contributed by atoms with Gasteiger partial charge in [0.15, 0.2) is 0 Å².